The number of amides is 1. The summed E-state index contributed by atoms with van der Waals surface area (Å²) in [5, 5.41) is 2.59. The largest absolute Gasteiger partial charge is 0.490 e. The van der Waals surface area contributed by atoms with Gasteiger partial charge >= 0.3 is 0 Å². The predicted molar refractivity (Wildman–Crippen MR) is 77.3 cm³/mol. The molecule has 19 heavy (non-hydrogen) atoms. The van der Waals surface area contributed by atoms with Crippen molar-refractivity contribution >= 4 is 34.5 Å². The van der Waals surface area contributed by atoms with Gasteiger partial charge < -0.3 is 9.64 Å². The summed E-state index contributed by atoms with van der Waals surface area (Å²) in [7, 11) is 0. The van der Waals surface area contributed by atoms with Gasteiger partial charge in [0.2, 0.25) is 5.91 Å². The highest BCUT2D eigenvalue weighted by atomic mass is 35.5. The molecule has 0 atom stereocenters. The van der Waals surface area contributed by atoms with Crippen molar-refractivity contribution in [1.82, 2.24) is 0 Å². The Labute approximate surface area is 120 Å². The fourth-order valence-electron chi connectivity index (χ4n) is 2.11. The molecule has 3 nitrogen and oxygen atoms in total. The molecule has 0 N–H and O–H groups in total. The van der Waals surface area contributed by atoms with E-state index < -0.39 is 0 Å². The van der Waals surface area contributed by atoms with Crippen LogP contribution in [0.5, 0.6) is 5.75 Å². The maximum Gasteiger partial charge on any atom is 0.232 e. The molecule has 2 aromatic rings. The van der Waals surface area contributed by atoms with E-state index in [0.29, 0.717) is 24.6 Å². The highest BCUT2D eigenvalue weighted by Crippen LogP contribution is 2.34. The van der Waals surface area contributed by atoms with Gasteiger partial charge in [-0.05, 0) is 29.6 Å². The summed E-state index contributed by atoms with van der Waals surface area (Å²) >= 11 is 7.59. The molecule has 3 rings (SSSR count). The summed E-state index contributed by atoms with van der Waals surface area (Å²) < 4.78 is 5.54. The van der Waals surface area contributed by atoms with Gasteiger partial charge in [0.05, 0.1) is 18.7 Å². The summed E-state index contributed by atoms with van der Waals surface area (Å²) in [6, 6.07) is 9.29. The molecule has 0 bridgehead atoms. The van der Waals surface area contributed by atoms with Crippen LogP contribution < -0.4 is 9.64 Å². The molecule has 1 aromatic heterocycles. The summed E-state index contributed by atoms with van der Waals surface area (Å²) in [6.07, 6.45) is 0.420. The van der Waals surface area contributed by atoms with Crippen LogP contribution in [0.25, 0.3) is 0 Å². The summed E-state index contributed by atoms with van der Waals surface area (Å²) in [5.41, 5.74) is 0.764. The topological polar surface area (TPSA) is 29.5 Å². The normalized spacial score (nSPS) is 13.8. The molecular formula is C14H12ClNO2S. The molecule has 0 saturated heterocycles. The lowest BCUT2D eigenvalue weighted by molar-refractivity contribution is -0.118. The second kappa shape index (κ2) is 5.23. The number of hydrogen-bond acceptors (Lipinski definition) is 3. The Balaban J connectivity index is 1.86. The van der Waals surface area contributed by atoms with Crippen LogP contribution in [0.4, 0.5) is 5.69 Å². The van der Waals surface area contributed by atoms with Crippen molar-refractivity contribution in [2.45, 2.75) is 6.42 Å². The van der Waals surface area contributed by atoms with Gasteiger partial charge in [-0.3, -0.25) is 4.79 Å². The van der Waals surface area contributed by atoms with Crippen molar-refractivity contribution in [3.05, 3.63) is 45.6 Å². The Hall–Kier alpha value is -1.52. The van der Waals surface area contributed by atoms with E-state index in [1.54, 1.807) is 28.4 Å². The van der Waals surface area contributed by atoms with E-state index in [2.05, 4.69) is 0 Å². The number of rotatable bonds is 2. The molecule has 98 valence electrons. The van der Waals surface area contributed by atoms with Crippen LogP contribution in [0, 0.1) is 0 Å². The van der Waals surface area contributed by atoms with Crippen LogP contribution in [0.3, 0.4) is 0 Å². The van der Waals surface area contributed by atoms with Crippen LogP contribution in [-0.4, -0.2) is 19.1 Å². The van der Waals surface area contributed by atoms with E-state index in [4.69, 9.17) is 16.3 Å². The highest BCUT2D eigenvalue weighted by Gasteiger charge is 2.24. The number of thiophene rings is 1. The number of halogens is 1. The molecule has 0 saturated carbocycles. The molecule has 0 aliphatic carbocycles. The average Bonchev–Trinajstić information content (AvgIpc) is 2.90. The Kier molecular flexibility index (Phi) is 3.44. The molecule has 1 aromatic carbocycles. The number of nitrogens with zero attached hydrogens (tertiary/aromatic N) is 1. The number of carbonyl (C=O) groups is 1. The van der Waals surface area contributed by atoms with E-state index >= 15 is 0 Å². The number of anilines is 1. The molecule has 1 amide bonds. The van der Waals surface area contributed by atoms with Gasteiger partial charge in [-0.25, -0.2) is 0 Å². The van der Waals surface area contributed by atoms with E-state index in [1.807, 2.05) is 23.6 Å². The first-order valence-electron chi connectivity index (χ1n) is 5.99. The number of benzene rings is 1. The van der Waals surface area contributed by atoms with Crippen LogP contribution in [0.1, 0.15) is 4.88 Å². The average molecular weight is 294 g/mol. The van der Waals surface area contributed by atoms with Gasteiger partial charge in [-0.2, -0.15) is 0 Å². The van der Waals surface area contributed by atoms with Crippen molar-refractivity contribution < 1.29 is 9.53 Å². The van der Waals surface area contributed by atoms with Crippen LogP contribution in [0.15, 0.2) is 35.7 Å². The Morgan fingerprint density at radius 2 is 2.32 bits per heavy atom. The van der Waals surface area contributed by atoms with E-state index in [1.165, 1.54) is 0 Å². The lowest BCUT2D eigenvalue weighted by Crippen LogP contribution is -2.38. The fraction of sp³-hybridized carbons (Fsp3) is 0.214. The van der Waals surface area contributed by atoms with Crippen LogP contribution >= 0.6 is 22.9 Å². The van der Waals surface area contributed by atoms with Crippen LogP contribution in [-0.2, 0) is 11.2 Å². The van der Waals surface area contributed by atoms with Gasteiger partial charge in [-0.15, -0.1) is 11.3 Å². The fourth-order valence-corrected chi connectivity index (χ4v) is 2.97. The molecule has 0 radical (unpaired) electrons. The summed E-state index contributed by atoms with van der Waals surface area (Å²) in [4.78, 5) is 15.2. The summed E-state index contributed by atoms with van der Waals surface area (Å²) in [5.74, 6) is 0.796. The smallest absolute Gasteiger partial charge is 0.232 e. The third-order valence-corrected chi connectivity index (χ3v) is 4.10. The van der Waals surface area contributed by atoms with Crippen molar-refractivity contribution in [1.29, 1.82) is 0 Å². The highest BCUT2D eigenvalue weighted by molar-refractivity contribution is 7.10. The Morgan fingerprint density at radius 3 is 3.11 bits per heavy atom. The minimum atomic E-state index is 0.0780. The van der Waals surface area contributed by atoms with Crippen molar-refractivity contribution in [3.63, 3.8) is 0 Å². The Bertz CT molecular complexity index is 597. The monoisotopic (exact) mass is 293 g/mol. The van der Waals surface area contributed by atoms with Crippen molar-refractivity contribution in [3.8, 4) is 5.75 Å². The maximum atomic E-state index is 12.4. The zero-order chi connectivity index (χ0) is 13.2. The van der Waals surface area contributed by atoms with Gasteiger partial charge in [0.1, 0.15) is 12.4 Å². The molecule has 5 heteroatoms. The standard InChI is InChI=1S/C14H12ClNO2S/c15-10-3-4-13-12(8-10)16(5-6-18-13)14(17)9-11-2-1-7-19-11/h1-4,7-8H,5-6,9H2. The SMILES string of the molecule is O=C(Cc1cccs1)N1CCOc2ccc(Cl)cc21. The van der Waals surface area contributed by atoms with Crippen LogP contribution in [0.2, 0.25) is 5.02 Å². The van der Waals surface area contributed by atoms with Gasteiger partial charge in [0.25, 0.3) is 0 Å². The Morgan fingerprint density at radius 1 is 1.42 bits per heavy atom. The second-order valence-electron chi connectivity index (χ2n) is 4.26. The molecule has 1 aliphatic heterocycles. The van der Waals surface area contributed by atoms with E-state index in [0.717, 1.165) is 16.3 Å². The van der Waals surface area contributed by atoms with Gasteiger partial charge in [0, 0.05) is 9.90 Å². The summed E-state index contributed by atoms with van der Waals surface area (Å²) in [6.45, 7) is 1.09. The predicted octanol–water partition coefficient (Wildman–Crippen LogP) is 3.37. The number of hydrogen-bond donors (Lipinski definition) is 0. The molecule has 0 spiro atoms. The quantitative estimate of drug-likeness (QED) is 0.849. The first kappa shape index (κ1) is 12.5. The zero-order valence-electron chi connectivity index (χ0n) is 10.1. The van der Waals surface area contributed by atoms with Gasteiger partial charge in [0.15, 0.2) is 0 Å². The number of ether oxygens (including phenoxy) is 1. The minimum absolute atomic E-state index is 0.0780. The zero-order valence-corrected chi connectivity index (χ0v) is 11.7. The maximum absolute atomic E-state index is 12.4. The minimum Gasteiger partial charge on any atom is -0.490 e. The van der Waals surface area contributed by atoms with E-state index in [9.17, 15) is 4.79 Å². The van der Waals surface area contributed by atoms with Gasteiger partial charge in [-0.1, -0.05) is 17.7 Å². The first-order valence-corrected chi connectivity index (χ1v) is 7.25. The van der Waals surface area contributed by atoms with Crippen molar-refractivity contribution in [2.24, 2.45) is 0 Å². The molecule has 0 unspecified atom stereocenters. The molecular weight excluding hydrogens is 282 g/mol. The molecule has 1 aliphatic rings. The van der Waals surface area contributed by atoms with Crippen molar-refractivity contribution in [2.75, 3.05) is 18.1 Å². The third-order valence-electron chi connectivity index (χ3n) is 2.99. The van der Waals surface area contributed by atoms with E-state index in [-0.39, 0.29) is 5.91 Å². The number of fused-ring (bicyclic) bond motifs is 1. The number of carbonyl (C=O) groups excluding carboxylic acids is 1. The third kappa shape index (κ3) is 2.60. The molecule has 0 fully saturated rings. The second-order valence-corrected chi connectivity index (χ2v) is 5.73. The lowest BCUT2D eigenvalue weighted by Gasteiger charge is -2.29. The first-order chi connectivity index (χ1) is 9.24. The molecule has 2 heterocycles. The lowest BCUT2D eigenvalue weighted by atomic mass is 10.2.